The normalized spacial score (nSPS) is 17.7. The van der Waals surface area contributed by atoms with E-state index in [-0.39, 0.29) is 11.8 Å². The summed E-state index contributed by atoms with van der Waals surface area (Å²) in [6.45, 7) is 3.95. The molecule has 0 spiro atoms. The Morgan fingerprint density at radius 3 is 3.11 bits per heavy atom. The Labute approximate surface area is 155 Å². The second-order valence-electron chi connectivity index (χ2n) is 6.60. The van der Waals surface area contributed by atoms with Crippen LogP contribution in [-0.2, 0) is 11.3 Å². The third-order valence-electron chi connectivity index (χ3n) is 4.53. The number of rotatable bonds is 5. The van der Waals surface area contributed by atoms with Gasteiger partial charge >= 0.3 is 0 Å². The molecule has 0 saturated carbocycles. The largest absolute Gasteiger partial charge is 0.338 e. The molecule has 1 fully saturated rings. The minimum Gasteiger partial charge on any atom is -0.338 e. The van der Waals surface area contributed by atoms with Crippen LogP contribution < -0.4 is 5.32 Å². The van der Waals surface area contributed by atoms with E-state index in [9.17, 15) is 4.79 Å². The van der Waals surface area contributed by atoms with E-state index in [1.54, 1.807) is 11.6 Å². The average Bonchev–Trinajstić information content (AvgIpc) is 3.34. The topological polar surface area (TPSA) is 115 Å². The highest BCUT2D eigenvalue weighted by atomic mass is 16.5. The number of nitrogens with one attached hydrogen (secondary N) is 1. The number of benzene rings is 1. The SMILES string of the molecule is Cc1noc(CN2CCC[C@H](C(=O)Nc3cccc(-n4cnnn4)c3)C2)n1. The molecular weight excluding hydrogens is 348 g/mol. The molecule has 10 nitrogen and oxygen atoms in total. The molecule has 1 aromatic carbocycles. The van der Waals surface area contributed by atoms with Crippen molar-refractivity contribution in [3.63, 3.8) is 0 Å². The van der Waals surface area contributed by atoms with Crippen molar-refractivity contribution in [1.82, 2.24) is 35.2 Å². The Balaban J connectivity index is 1.38. The van der Waals surface area contributed by atoms with Gasteiger partial charge in [0.15, 0.2) is 5.82 Å². The Morgan fingerprint density at radius 2 is 2.33 bits per heavy atom. The number of carbonyl (C=O) groups is 1. The summed E-state index contributed by atoms with van der Waals surface area (Å²) < 4.78 is 6.73. The van der Waals surface area contributed by atoms with E-state index in [0.717, 1.165) is 30.8 Å². The molecular formula is C17H20N8O2. The van der Waals surface area contributed by atoms with Crippen molar-refractivity contribution in [1.29, 1.82) is 0 Å². The van der Waals surface area contributed by atoms with Gasteiger partial charge in [-0.1, -0.05) is 11.2 Å². The first-order valence-corrected chi connectivity index (χ1v) is 8.83. The minimum absolute atomic E-state index is 0.00951. The maximum atomic E-state index is 12.7. The molecule has 1 amide bonds. The van der Waals surface area contributed by atoms with Crippen LogP contribution in [0.15, 0.2) is 35.1 Å². The number of hydrogen-bond acceptors (Lipinski definition) is 8. The molecule has 0 unspecified atom stereocenters. The summed E-state index contributed by atoms with van der Waals surface area (Å²) in [7, 11) is 0. The molecule has 3 aromatic rings. The predicted molar refractivity (Wildman–Crippen MR) is 94.8 cm³/mol. The molecule has 2 aromatic heterocycles. The summed E-state index contributed by atoms with van der Waals surface area (Å²) in [5, 5.41) is 17.9. The number of amides is 1. The summed E-state index contributed by atoms with van der Waals surface area (Å²) >= 11 is 0. The van der Waals surface area contributed by atoms with E-state index in [1.807, 2.05) is 24.3 Å². The Hall–Kier alpha value is -3.14. The molecule has 4 rings (SSSR count). The zero-order valence-corrected chi connectivity index (χ0v) is 14.9. The lowest BCUT2D eigenvalue weighted by atomic mass is 9.97. The Morgan fingerprint density at radius 1 is 1.41 bits per heavy atom. The lowest BCUT2D eigenvalue weighted by Gasteiger charge is -2.30. The number of hydrogen-bond donors (Lipinski definition) is 1. The monoisotopic (exact) mass is 368 g/mol. The Kier molecular flexibility index (Phi) is 4.88. The average molecular weight is 368 g/mol. The lowest BCUT2D eigenvalue weighted by Crippen LogP contribution is -2.40. The molecule has 1 aliphatic heterocycles. The molecule has 0 radical (unpaired) electrons. The van der Waals surface area contributed by atoms with Gasteiger partial charge in [-0.3, -0.25) is 9.69 Å². The van der Waals surface area contributed by atoms with Crippen LogP contribution in [0, 0.1) is 12.8 Å². The summed E-state index contributed by atoms with van der Waals surface area (Å²) in [5.74, 6) is 1.14. The second kappa shape index (κ2) is 7.62. The van der Waals surface area contributed by atoms with E-state index >= 15 is 0 Å². The van der Waals surface area contributed by atoms with Crippen LogP contribution >= 0.6 is 0 Å². The highest BCUT2D eigenvalue weighted by Crippen LogP contribution is 2.21. The molecule has 0 aliphatic carbocycles. The van der Waals surface area contributed by atoms with Gasteiger partial charge in [0.05, 0.1) is 18.2 Å². The van der Waals surface area contributed by atoms with E-state index in [4.69, 9.17) is 4.52 Å². The minimum atomic E-state index is -0.0838. The molecule has 140 valence electrons. The zero-order chi connectivity index (χ0) is 18.6. The maximum Gasteiger partial charge on any atom is 0.240 e. The Bertz CT molecular complexity index is 907. The molecule has 1 saturated heterocycles. The van der Waals surface area contributed by atoms with E-state index in [0.29, 0.717) is 24.8 Å². The summed E-state index contributed by atoms with van der Waals surface area (Å²) in [6, 6.07) is 7.43. The van der Waals surface area contributed by atoms with Gasteiger partial charge in [0, 0.05) is 12.2 Å². The first-order chi connectivity index (χ1) is 13.2. The molecule has 27 heavy (non-hydrogen) atoms. The van der Waals surface area contributed by atoms with Crippen molar-refractivity contribution in [2.45, 2.75) is 26.3 Å². The number of likely N-dealkylation sites (tertiary alicyclic amines) is 1. The molecule has 1 aliphatic rings. The van der Waals surface area contributed by atoms with Crippen LogP contribution in [0.5, 0.6) is 0 Å². The van der Waals surface area contributed by atoms with Crippen LogP contribution in [0.4, 0.5) is 5.69 Å². The van der Waals surface area contributed by atoms with Crippen LogP contribution in [0.1, 0.15) is 24.6 Å². The summed E-state index contributed by atoms with van der Waals surface area (Å²) in [6.07, 6.45) is 3.33. The number of tetrazole rings is 1. The standard InChI is InChI=1S/C17H20N8O2/c1-12-19-16(27-21-12)10-24-7-3-4-13(9-24)17(26)20-14-5-2-6-15(8-14)25-11-18-22-23-25/h2,5-6,8,11,13H,3-4,7,9-10H2,1H3,(H,20,26)/t13-/m0/s1. The lowest BCUT2D eigenvalue weighted by molar-refractivity contribution is -0.121. The fraction of sp³-hybridized carbons (Fsp3) is 0.412. The van der Waals surface area contributed by atoms with Crippen molar-refractivity contribution in [3.05, 3.63) is 42.3 Å². The third-order valence-corrected chi connectivity index (χ3v) is 4.53. The summed E-state index contributed by atoms with van der Waals surface area (Å²) in [4.78, 5) is 19.1. The number of aromatic nitrogens is 6. The van der Waals surface area contributed by atoms with Crippen molar-refractivity contribution >= 4 is 11.6 Å². The van der Waals surface area contributed by atoms with Crippen molar-refractivity contribution in [2.24, 2.45) is 5.92 Å². The van der Waals surface area contributed by atoms with Crippen LogP contribution in [0.3, 0.4) is 0 Å². The smallest absolute Gasteiger partial charge is 0.240 e. The number of piperidine rings is 1. The van der Waals surface area contributed by atoms with Gasteiger partial charge in [0.25, 0.3) is 0 Å². The van der Waals surface area contributed by atoms with Crippen LogP contribution in [-0.4, -0.2) is 54.2 Å². The summed E-state index contributed by atoms with van der Waals surface area (Å²) in [5.41, 5.74) is 1.51. The fourth-order valence-corrected chi connectivity index (χ4v) is 3.26. The zero-order valence-electron chi connectivity index (χ0n) is 14.9. The van der Waals surface area contributed by atoms with Crippen molar-refractivity contribution in [3.8, 4) is 5.69 Å². The molecule has 1 atom stereocenters. The van der Waals surface area contributed by atoms with Gasteiger partial charge in [-0.15, -0.1) is 5.10 Å². The molecule has 10 heteroatoms. The highest BCUT2D eigenvalue weighted by molar-refractivity contribution is 5.93. The first kappa shape index (κ1) is 17.3. The van der Waals surface area contributed by atoms with E-state index < -0.39 is 0 Å². The molecule has 0 bridgehead atoms. The highest BCUT2D eigenvalue weighted by Gasteiger charge is 2.27. The quantitative estimate of drug-likeness (QED) is 0.714. The van der Waals surface area contributed by atoms with Crippen LogP contribution in [0.25, 0.3) is 5.69 Å². The van der Waals surface area contributed by atoms with E-state index in [2.05, 4.69) is 35.9 Å². The third kappa shape index (κ3) is 4.17. The van der Waals surface area contributed by atoms with Gasteiger partial charge in [-0.2, -0.15) is 4.98 Å². The van der Waals surface area contributed by atoms with Gasteiger partial charge in [-0.05, 0) is 54.9 Å². The first-order valence-electron chi connectivity index (χ1n) is 8.83. The second-order valence-corrected chi connectivity index (χ2v) is 6.60. The van der Waals surface area contributed by atoms with Crippen molar-refractivity contribution in [2.75, 3.05) is 18.4 Å². The predicted octanol–water partition coefficient (Wildman–Crippen LogP) is 1.20. The number of aryl methyl sites for hydroxylation is 1. The maximum absolute atomic E-state index is 12.7. The van der Waals surface area contributed by atoms with Crippen LogP contribution in [0.2, 0.25) is 0 Å². The van der Waals surface area contributed by atoms with Gasteiger partial charge in [0.1, 0.15) is 6.33 Å². The molecule has 3 heterocycles. The van der Waals surface area contributed by atoms with Gasteiger partial charge < -0.3 is 9.84 Å². The van der Waals surface area contributed by atoms with E-state index in [1.165, 1.54) is 6.33 Å². The number of anilines is 1. The fourth-order valence-electron chi connectivity index (χ4n) is 3.26. The van der Waals surface area contributed by atoms with Crippen molar-refractivity contribution < 1.29 is 9.32 Å². The number of carbonyl (C=O) groups excluding carboxylic acids is 1. The van der Waals surface area contributed by atoms with Gasteiger partial charge in [0.2, 0.25) is 11.8 Å². The number of nitrogens with zero attached hydrogens (tertiary/aromatic N) is 7. The molecule has 1 N–H and O–H groups in total. The van der Waals surface area contributed by atoms with Gasteiger partial charge in [-0.25, -0.2) is 4.68 Å².